The number of hydrogen-bond donors (Lipinski definition) is 2. The van der Waals surface area contributed by atoms with Crippen LogP contribution in [0.1, 0.15) is 61.6 Å². The van der Waals surface area contributed by atoms with Gasteiger partial charge in [0.1, 0.15) is 0 Å². The minimum atomic E-state index is -0.149. The molecule has 0 atom stereocenters. The molecular formula is C29H36N2O3. The topological polar surface area (TPSA) is 67.4 Å². The van der Waals surface area contributed by atoms with Gasteiger partial charge in [-0.2, -0.15) is 0 Å². The van der Waals surface area contributed by atoms with Gasteiger partial charge in [0.2, 0.25) is 11.8 Å². The lowest BCUT2D eigenvalue weighted by Crippen LogP contribution is -2.48. The van der Waals surface area contributed by atoms with Crippen molar-refractivity contribution in [2.45, 2.75) is 64.7 Å². The van der Waals surface area contributed by atoms with E-state index in [4.69, 9.17) is 4.74 Å². The van der Waals surface area contributed by atoms with Gasteiger partial charge in [-0.15, -0.1) is 0 Å². The van der Waals surface area contributed by atoms with Gasteiger partial charge in [-0.3, -0.25) is 9.59 Å². The van der Waals surface area contributed by atoms with Gasteiger partial charge in [-0.05, 0) is 78.4 Å². The molecule has 0 aromatic heterocycles. The van der Waals surface area contributed by atoms with E-state index in [1.807, 2.05) is 48.5 Å². The molecule has 2 aromatic carbocycles. The van der Waals surface area contributed by atoms with Crippen LogP contribution in [0, 0.1) is 23.2 Å². The largest absolute Gasteiger partial charge is 0.372 e. The Bertz CT molecular complexity index is 968. The summed E-state index contributed by atoms with van der Waals surface area (Å²) in [5, 5.41) is 5.81. The molecule has 0 saturated heterocycles. The van der Waals surface area contributed by atoms with Crippen LogP contribution in [0.3, 0.4) is 0 Å². The van der Waals surface area contributed by atoms with Gasteiger partial charge < -0.3 is 15.4 Å². The van der Waals surface area contributed by atoms with Crippen LogP contribution in [0.25, 0.3) is 0 Å². The van der Waals surface area contributed by atoms with Crippen molar-refractivity contribution in [3.8, 4) is 0 Å². The van der Waals surface area contributed by atoms with Gasteiger partial charge in [-0.1, -0.05) is 54.6 Å². The third-order valence-corrected chi connectivity index (χ3v) is 8.01. The van der Waals surface area contributed by atoms with Crippen LogP contribution in [-0.4, -0.2) is 18.4 Å². The van der Waals surface area contributed by atoms with Crippen LogP contribution in [0.2, 0.25) is 0 Å². The van der Waals surface area contributed by atoms with Crippen LogP contribution in [0.5, 0.6) is 0 Å². The second kappa shape index (κ2) is 10.3. The van der Waals surface area contributed by atoms with Crippen molar-refractivity contribution in [3.05, 3.63) is 71.3 Å². The first-order valence-electron chi connectivity index (χ1n) is 12.8. The Morgan fingerprint density at radius 3 is 2.09 bits per heavy atom. The molecule has 5 nitrogen and oxygen atoms in total. The van der Waals surface area contributed by atoms with Crippen molar-refractivity contribution in [2.75, 3.05) is 6.54 Å². The van der Waals surface area contributed by atoms with E-state index in [0.29, 0.717) is 26.2 Å². The molecule has 0 spiro atoms. The van der Waals surface area contributed by atoms with Gasteiger partial charge in [0, 0.05) is 13.0 Å². The van der Waals surface area contributed by atoms with Crippen LogP contribution in [0.4, 0.5) is 0 Å². The predicted molar refractivity (Wildman–Crippen MR) is 131 cm³/mol. The summed E-state index contributed by atoms with van der Waals surface area (Å²) in [6.45, 7) is 1.59. The van der Waals surface area contributed by atoms with E-state index in [0.717, 1.165) is 34.4 Å². The Hall–Kier alpha value is -2.66. The van der Waals surface area contributed by atoms with Gasteiger partial charge >= 0.3 is 0 Å². The maximum Gasteiger partial charge on any atom is 0.239 e. The van der Waals surface area contributed by atoms with Gasteiger partial charge in [-0.25, -0.2) is 0 Å². The lowest BCUT2D eigenvalue weighted by molar-refractivity contribution is -0.131. The molecule has 4 aliphatic carbocycles. The summed E-state index contributed by atoms with van der Waals surface area (Å²) in [4.78, 5) is 25.0. The molecule has 0 aliphatic heterocycles. The Balaban J connectivity index is 1.02. The van der Waals surface area contributed by atoms with Crippen LogP contribution in [0.15, 0.2) is 54.6 Å². The van der Waals surface area contributed by atoms with Crippen molar-refractivity contribution in [2.24, 2.45) is 23.2 Å². The van der Waals surface area contributed by atoms with Crippen molar-refractivity contribution >= 4 is 11.8 Å². The first-order valence-corrected chi connectivity index (χ1v) is 12.8. The fourth-order valence-electron chi connectivity index (χ4n) is 7.04. The Labute approximate surface area is 202 Å². The molecular weight excluding hydrogens is 424 g/mol. The molecule has 2 amide bonds. The van der Waals surface area contributed by atoms with E-state index < -0.39 is 0 Å². The summed E-state index contributed by atoms with van der Waals surface area (Å²) < 4.78 is 5.82. The summed E-state index contributed by atoms with van der Waals surface area (Å²) in [6, 6.07) is 18.2. The lowest BCUT2D eigenvalue weighted by Gasteiger charge is -2.56. The van der Waals surface area contributed by atoms with Gasteiger partial charge in [0.15, 0.2) is 0 Å². The molecule has 4 saturated carbocycles. The van der Waals surface area contributed by atoms with E-state index >= 15 is 0 Å². The Kier molecular flexibility index (Phi) is 7.00. The van der Waals surface area contributed by atoms with E-state index in [1.165, 1.54) is 38.5 Å². The minimum Gasteiger partial charge on any atom is -0.372 e. The first kappa shape index (κ1) is 23.1. The molecule has 180 valence electrons. The summed E-state index contributed by atoms with van der Waals surface area (Å²) >= 11 is 0. The molecule has 6 rings (SSSR count). The molecule has 5 heteroatoms. The monoisotopic (exact) mass is 460 g/mol. The quantitative estimate of drug-likeness (QED) is 0.538. The van der Waals surface area contributed by atoms with Crippen molar-refractivity contribution < 1.29 is 14.3 Å². The van der Waals surface area contributed by atoms with E-state index in [9.17, 15) is 9.59 Å². The summed E-state index contributed by atoms with van der Waals surface area (Å²) in [5.41, 5.74) is 3.45. The third-order valence-electron chi connectivity index (χ3n) is 8.01. The molecule has 4 aliphatic rings. The maximum atomic E-state index is 12.6. The highest BCUT2D eigenvalue weighted by molar-refractivity contribution is 5.84. The standard InChI is InChI=1S/C29H36N2O3/c32-27(16-29-13-24-10-25(14-29)12-26(11-24)15-29)31-18-28(33)30-17-22-7-4-8-23(9-22)20-34-19-21-5-2-1-3-6-21/h1-9,24-26H,10-20H2,(H,30,33)(H,31,32). The van der Waals surface area contributed by atoms with E-state index in [-0.39, 0.29) is 23.8 Å². The van der Waals surface area contributed by atoms with Crippen molar-refractivity contribution in [1.82, 2.24) is 10.6 Å². The summed E-state index contributed by atoms with van der Waals surface area (Å²) in [7, 11) is 0. The highest BCUT2D eigenvalue weighted by Crippen LogP contribution is 2.61. The number of benzene rings is 2. The number of hydrogen-bond acceptors (Lipinski definition) is 3. The zero-order chi connectivity index (χ0) is 23.4. The Morgan fingerprint density at radius 1 is 0.765 bits per heavy atom. The van der Waals surface area contributed by atoms with Crippen LogP contribution in [-0.2, 0) is 34.1 Å². The number of carbonyl (C=O) groups is 2. The van der Waals surface area contributed by atoms with Gasteiger partial charge in [0.05, 0.1) is 19.8 Å². The fraction of sp³-hybridized carbons (Fsp3) is 0.517. The second-order valence-corrected chi connectivity index (χ2v) is 10.9. The zero-order valence-corrected chi connectivity index (χ0v) is 19.9. The fourth-order valence-corrected chi connectivity index (χ4v) is 7.04. The van der Waals surface area contributed by atoms with Crippen LogP contribution < -0.4 is 10.6 Å². The lowest BCUT2D eigenvalue weighted by atomic mass is 9.49. The molecule has 34 heavy (non-hydrogen) atoms. The molecule has 4 bridgehead atoms. The molecule has 0 unspecified atom stereocenters. The maximum absolute atomic E-state index is 12.6. The number of rotatable bonds is 10. The number of carbonyl (C=O) groups excluding carboxylic acids is 2. The Morgan fingerprint density at radius 2 is 1.38 bits per heavy atom. The average Bonchev–Trinajstić information content (AvgIpc) is 2.81. The van der Waals surface area contributed by atoms with E-state index in [2.05, 4.69) is 16.7 Å². The van der Waals surface area contributed by atoms with Crippen molar-refractivity contribution in [3.63, 3.8) is 0 Å². The minimum absolute atomic E-state index is 0.0367. The number of nitrogens with one attached hydrogen (secondary N) is 2. The second-order valence-electron chi connectivity index (χ2n) is 10.9. The van der Waals surface area contributed by atoms with E-state index in [1.54, 1.807) is 0 Å². The summed E-state index contributed by atoms with van der Waals surface area (Å²) in [6.07, 6.45) is 8.36. The van der Waals surface area contributed by atoms with Gasteiger partial charge in [0.25, 0.3) is 0 Å². The predicted octanol–water partition coefficient (Wildman–Crippen LogP) is 4.74. The number of ether oxygens (including phenoxy) is 1. The molecule has 0 radical (unpaired) electrons. The molecule has 2 aromatic rings. The van der Waals surface area contributed by atoms with Crippen LogP contribution >= 0.6 is 0 Å². The van der Waals surface area contributed by atoms with Crippen molar-refractivity contribution in [1.29, 1.82) is 0 Å². The highest BCUT2D eigenvalue weighted by atomic mass is 16.5. The zero-order valence-electron chi connectivity index (χ0n) is 19.9. The highest BCUT2D eigenvalue weighted by Gasteiger charge is 2.51. The summed E-state index contributed by atoms with van der Waals surface area (Å²) in [5.74, 6) is 2.39. The normalized spacial score (nSPS) is 26.9. The number of amides is 2. The first-order chi connectivity index (χ1) is 16.6. The SMILES string of the molecule is O=C(CNC(=O)CC12CC3CC(CC(C3)C1)C2)NCc1cccc(COCc2ccccc2)c1. The molecule has 0 heterocycles. The molecule has 2 N–H and O–H groups in total. The third kappa shape index (κ3) is 5.87. The average molecular weight is 461 g/mol. The smallest absolute Gasteiger partial charge is 0.239 e. The molecule has 4 fully saturated rings.